The Morgan fingerprint density at radius 3 is 2.77 bits per heavy atom. The van der Waals surface area contributed by atoms with Crippen molar-refractivity contribution in [3.63, 3.8) is 0 Å². The molecule has 0 atom stereocenters. The molecule has 152 valence electrons. The molecule has 1 aromatic carbocycles. The van der Waals surface area contributed by atoms with E-state index in [2.05, 4.69) is 42.4 Å². The molecule has 0 saturated heterocycles. The first-order valence-corrected chi connectivity index (χ1v) is 9.76. The molecule has 4 rings (SSSR count). The summed E-state index contributed by atoms with van der Waals surface area (Å²) in [5, 5.41) is 16.4. The Kier molecular flexibility index (Phi) is 5.41. The van der Waals surface area contributed by atoms with Crippen LogP contribution in [-0.4, -0.2) is 31.8 Å². The quantitative estimate of drug-likeness (QED) is 0.604. The second kappa shape index (κ2) is 8.16. The van der Waals surface area contributed by atoms with Crippen LogP contribution in [0.15, 0.2) is 39.9 Å². The highest BCUT2D eigenvalue weighted by Gasteiger charge is 2.32. The molecule has 30 heavy (non-hydrogen) atoms. The van der Waals surface area contributed by atoms with Gasteiger partial charge in [-0.1, -0.05) is 15.9 Å². The highest BCUT2D eigenvalue weighted by Crippen LogP contribution is 2.32. The van der Waals surface area contributed by atoms with E-state index in [1.807, 2.05) is 0 Å². The number of ether oxygens (including phenoxy) is 1. The number of rotatable bonds is 5. The van der Waals surface area contributed by atoms with Crippen LogP contribution in [0.25, 0.3) is 10.8 Å². The summed E-state index contributed by atoms with van der Waals surface area (Å²) in [5.74, 6) is -1.18. The van der Waals surface area contributed by atoms with Gasteiger partial charge < -0.3 is 4.74 Å². The summed E-state index contributed by atoms with van der Waals surface area (Å²) in [6, 6.07) is 7.23. The van der Waals surface area contributed by atoms with Crippen LogP contribution < -0.4 is 15.6 Å². The molecule has 9 nitrogen and oxygen atoms in total. The molecular formula is C19H14BrFN6O3. The molecule has 1 fully saturated rings. The van der Waals surface area contributed by atoms with Gasteiger partial charge in [-0.15, -0.1) is 5.10 Å². The first kappa shape index (κ1) is 19.9. The molecule has 1 amide bonds. The van der Waals surface area contributed by atoms with Crippen LogP contribution in [0.2, 0.25) is 0 Å². The number of halogens is 2. The van der Waals surface area contributed by atoms with Crippen LogP contribution in [-0.2, 0) is 11.3 Å². The Morgan fingerprint density at radius 1 is 1.33 bits per heavy atom. The Bertz CT molecular complexity index is 1220. The van der Waals surface area contributed by atoms with Crippen LogP contribution in [0.5, 0.6) is 5.88 Å². The Balaban J connectivity index is 1.62. The fraction of sp³-hybridized carbons (Fsp3) is 0.263. The lowest BCUT2D eigenvalue weighted by molar-refractivity contribution is -0.117. The molecule has 2 aromatic heterocycles. The third-order valence-corrected chi connectivity index (χ3v) is 5.10. The van der Waals surface area contributed by atoms with Gasteiger partial charge in [0.05, 0.1) is 35.2 Å². The first-order valence-electron chi connectivity index (χ1n) is 8.97. The highest BCUT2D eigenvalue weighted by atomic mass is 79.9. The predicted octanol–water partition coefficient (Wildman–Crippen LogP) is 2.41. The maximum absolute atomic E-state index is 12.9. The summed E-state index contributed by atoms with van der Waals surface area (Å²) in [6.07, 6.45) is 2.81. The van der Waals surface area contributed by atoms with Crippen molar-refractivity contribution in [1.29, 1.82) is 5.26 Å². The molecule has 0 bridgehead atoms. The van der Waals surface area contributed by atoms with Crippen molar-refractivity contribution >= 4 is 38.6 Å². The SMILES string of the molecule is N#CC1CC(Oc2nn(CC(=O)Nc3ncc(F)cn3)c(=O)c3ccc(Br)cc23)C1. The number of nitriles is 1. The molecule has 0 spiro atoms. The van der Waals surface area contributed by atoms with Crippen molar-refractivity contribution in [3.05, 3.63) is 51.2 Å². The monoisotopic (exact) mass is 472 g/mol. The summed E-state index contributed by atoms with van der Waals surface area (Å²) < 4.78 is 20.6. The molecule has 11 heteroatoms. The first-order chi connectivity index (χ1) is 14.4. The number of anilines is 1. The Morgan fingerprint density at radius 2 is 2.07 bits per heavy atom. The lowest BCUT2D eigenvalue weighted by atomic mass is 9.83. The maximum Gasteiger partial charge on any atom is 0.275 e. The summed E-state index contributed by atoms with van der Waals surface area (Å²) in [7, 11) is 0. The maximum atomic E-state index is 12.9. The fourth-order valence-electron chi connectivity index (χ4n) is 3.02. The molecule has 0 aliphatic heterocycles. The number of hydrogen-bond acceptors (Lipinski definition) is 7. The average Bonchev–Trinajstić information content (AvgIpc) is 2.69. The van der Waals surface area contributed by atoms with Crippen LogP contribution in [0.1, 0.15) is 12.8 Å². The molecule has 1 N–H and O–H groups in total. The Labute approximate surface area is 177 Å². The van der Waals surface area contributed by atoms with Gasteiger partial charge in [-0.2, -0.15) is 5.26 Å². The summed E-state index contributed by atoms with van der Waals surface area (Å²) >= 11 is 3.37. The van der Waals surface area contributed by atoms with Crippen LogP contribution in [0, 0.1) is 23.1 Å². The topological polar surface area (TPSA) is 123 Å². The number of fused-ring (bicyclic) bond motifs is 1. The average molecular weight is 473 g/mol. The van der Waals surface area contributed by atoms with Crippen molar-refractivity contribution in [3.8, 4) is 11.9 Å². The minimum Gasteiger partial charge on any atom is -0.473 e. The van der Waals surface area contributed by atoms with E-state index in [4.69, 9.17) is 10.00 Å². The van der Waals surface area contributed by atoms with Crippen molar-refractivity contribution in [2.45, 2.75) is 25.5 Å². The second-order valence-corrected chi connectivity index (χ2v) is 7.68. The lowest BCUT2D eigenvalue weighted by Crippen LogP contribution is -2.35. The minimum absolute atomic E-state index is 0.0552. The van der Waals surface area contributed by atoms with Crippen LogP contribution in [0.4, 0.5) is 10.3 Å². The van der Waals surface area contributed by atoms with E-state index in [1.165, 1.54) is 0 Å². The molecule has 1 saturated carbocycles. The summed E-state index contributed by atoms with van der Waals surface area (Å²) in [6.45, 7) is -0.409. The molecule has 1 aliphatic carbocycles. The smallest absolute Gasteiger partial charge is 0.275 e. The molecule has 0 radical (unpaired) electrons. The number of benzene rings is 1. The van der Waals surface area contributed by atoms with Crippen molar-refractivity contribution in [1.82, 2.24) is 19.7 Å². The molecular weight excluding hydrogens is 459 g/mol. The third kappa shape index (κ3) is 4.13. The number of hydrogen-bond donors (Lipinski definition) is 1. The molecule has 2 heterocycles. The number of amides is 1. The van der Waals surface area contributed by atoms with E-state index >= 15 is 0 Å². The molecule has 0 unspecified atom stereocenters. The van der Waals surface area contributed by atoms with Crippen LogP contribution in [0.3, 0.4) is 0 Å². The van der Waals surface area contributed by atoms with Gasteiger partial charge in [0.25, 0.3) is 5.56 Å². The van der Waals surface area contributed by atoms with E-state index in [0.717, 1.165) is 21.5 Å². The van der Waals surface area contributed by atoms with E-state index < -0.39 is 23.8 Å². The van der Waals surface area contributed by atoms with E-state index in [1.54, 1.807) is 18.2 Å². The predicted molar refractivity (Wildman–Crippen MR) is 107 cm³/mol. The van der Waals surface area contributed by atoms with E-state index in [0.29, 0.717) is 23.6 Å². The van der Waals surface area contributed by atoms with Gasteiger partial charge in [-0.3, -0.25) is 14.9 Å². The van der Waals surface area contributed by atoms with Crippen molar-refractivity contribution < 1.29 is 13.9 Å². The lowest BCUT2D eigenvalue weighted by Gasteiger charge is -2.30. The van der Waals surface area contributed by atoms with Gasteiger partial charge >= 0.3 is 0 Å². The summed E-state index contributed by atoms with van der Waals surface area (Å²) in [4.78, 5) is 32.4. The number of aromatic nitrogens is 4. The van der Waals surface area contributed by atoms with Gasteiger partial charge in [-0.05, 0) is 18.2 Å². The van der Waals surface area contributed by atoms with Gasteiger partial charge in [-0.25, -0.2) is 19.0 Å². The normalized spacial score (nSPS) is 17.8. The summed E-state index contributed by atoms with van der Waals surface area (Å²) in [5.41, 5.74) is -0.469. The zero-order chi connectivity index (χ0) is 21.3. The third-order valence-electron chi connectivity index (χ3n) is 4.61. The standard InChI is InChI=1S/C19H14BrFN6O3/c20-11-1-2-14-15(5-11)17(30-13-3-10(4-13)6-22)26-27(18(14)29)9-16(28)25-19-23-7-12(21)8-24-19/h1-2,5,7-8,10,13H,3-4,9H2,(H,23,24,25,28). The zero-order valence-corrected chi connectivity index (χ0v) is 17.0. The highest BCUT2D eigenvalue weighted by molar-refractivity contribution is 9.10. The van der Waals surface area contributed by atoms with Gasteiger partial charge in [0.1, 0.15) is 12.6 Å². The second-order valence-electron chi connectivity index (χ2n) is 6.77. The van der Waals surface area contributed by atoms with Crippen molar-refractivity contribution in [2.24, 2.45) is 5.92 Å². The number of carbonyl (C=O) groups is 1. The van der Waals surface area contributed by atoms with Gasteiger partial charge in [0, 0.05) is 17.3 Å². The largest absolute Gasteiger partial charge is 0.473 e. The van der Waals surface area contributed by atoms with Crippen LogP contribution >= 0.6 is 15.9 Å². The number of nitrogens with zero attached hydrogens (tertiary/aromatic N) is 5. The van der Waals surface area contributed by atoms with Gasteiger partial charge in [0.15, 0.2) is 5.82 Å². The Hall–Kier alpha value is -3.39. The zero-order valence-electron chi connectivity index (χ0n) is 15.4. The van der Waals surface area contributed by atoms with Gasteiger partial charge in [0.2, 0.25) is 17.7 Å². The number of nitrogens with one attached hydrogen (secondary N) is 1. The van der Waals surface area contributed by atoms with E-state index in [-0.39, 0.29) is 23.9 Å². The van der Waals surface area contributed by atoms with E-state index in [9.17, 15) is 14.0 Å². The van der Waals surface area contributed by atoms with Crippen molar-refractivity contribution in [2.75, 3.05) is 5.32 Å². The number of carbonyl (C=O) groups excluding carboxylic acids is 1. The molecule has 3 aromatic rings. The fourth-order valence-corrected chi connectivity index (χ4v) is 3.39. The minimum atomic E-state index is -0.636. The molecule has 1 aliphatic rings.